The van der Waals surface area contributed by atoms with Crippen LogP contribution in [0, 0.1) is 0 Å². The molecule has 0 amide bonds. The minimum absolute atomic E-state index is 0.0442. The third-order valence-corrected chi connectivity index (χ3v) is 5.23. The topological polar surface area (TPSA) is 39.1 Å². The van der Waals surface area contributed by atoms with Crippen LogP contribution in [-0.4, -0.2) is 10.4 Å². The summed E-state index contributed by atoms with van der Waals surface area (Å²) in [6, 6.07) is 5.12. The van der Waals surface area contributed by atoms with Gasteiger partial charge in [-0.25, -0.2) is 0 Å². The van der Waals surface area contributed by atoms with Crippen molar-refractivity contribution in [3.05, 3.63) is 54.4 Å². The lowest BCUT2D eigenvalue weighted by atomic mass is 10.2. The lowest BCUT2D eigenvalue weighted by Gasteiger charge is -2.04. The number of ketones is 1. The molecule has 0 aliphatic carbocycles. The number of halogens is 2. The summed E-state index contributed by atoms with van der Waals surface area (Å²) >= 11 is 14.4. The second-order valence-corrected chi connectivity index (χ2v) is 7.34. The first-order valence-corrected chi connectivity index (χ1v) is 8.06. The first kappa shape index (κ1) is 13.8. The lowest BCUT2D eigenvalue weighted by Crippen LogP contribution is -2.23. The fourth-order valence-electron chi connectivity index (χ4n) is 1.90. The Bertz CT molecular complexity index is 863. The van der Waals surface area contributed by atoms with Gasteiger partial charge in [-0.1, -0.05) is 23.2 Å². The number of rotatable bonds is 3. The monoisotopic (exact) mass is 343 g/mol. The quantitative estimate of drug-likeness (QED) is 0.664. The molecule has 3 aromatic heterocycles. The Kier molecular flexibility index (Phi) is 3.69. The van der Waals surface area contributed by atoms with Crippen molar-refractivity contribution in [2.45, 2.75) is 6.54 Å². The minimum Gasteiger partial charge on any atom is -0.307 e. The molecule has 0 spiro atoms. The molecule has 3 rings (SSSR count). The number of Topliss-reactive ketones (excluding diaryl/α,β-unsaturated/α-hetero) is 1. The smallest absolute Gasteiger partial charge is 0.259 e. The van der Waals surface area contributed by atoms with Gasteiger partial charge in [-0.05, 0) is 23.6 Å². The van der Waals surface area contributed by atoms with Crippen molar-refractivity contribution >= 4 is 61.7 Å². The molecule has 3 aromatic rings. The van der Waals surface area contributed by atoms with E-state index in [0.29, 0.717) is 19.6 Å². The van der Waals surface area contributed by atoms with E-state index in [0.717, 1.165) is 16.0 Å². The largest absolute Gasteiger partial charge is 0.307 e. The molecule has 0 radical (unpaired) electrons. The van der Waals surface area contributed by atoms with Gasteiger partial charge in [0.2, 0.25) is 0 Å². The fourth-order valence-corrected chi connectivity index (χ4v) is 4.17. The van der Waals surface area contributed by atoms with E-state index in [1.165, 1.54) is 22.0 Å². The zero-order chi connectivity index (χ0) is 14.3. The molecule has 102 valence electrons. The number of fused-ring (bicyclic) bond motifs is 1. The van der Waals surface area contributed by atoms with Crippen LogP contribution in [0.4, 0.5) is 0 Å². The molecule has 0 unspecified atom stereocenters. The number of hydrogen-bond acceptors (Lipinski definition) is 4. The number of thiophene rings is 2. The van der Waals surface area contributed by atoms with E-state index in [4.69, 9.17) is 23.2 Å². The average Bonchev–Trinajstić information content (AvgIpc) is 2.99. The van der Waals surface area contributed by atoms with E-state index in [1.807, 2.05) is 11.4 Å². The Morgan fingerprint density at radius 2 is 2.10 bits per heavy atom. The highest BCUT2D eigenvalue weighted by molar-refractivity contribution is 7.20. The summed E-state index contributed by atoms with van der Waals surface area (Å²) in [6.07, 6.45) is 1.63. The highest BCUT2D eigenvalue weighted by Gasteiger charge is 2.15. The molecule has 3 heterocycles. The van der Waals surface area contributed by atoms with Crippen molar-refractivity contribution in [1.29, 1.82) is 0 Å². The van der Waals surface area contributed by atoms with Gasteiger partial charge in [0.15, 0.2) is 5.78 Å². The van der Waals surface area contributed by atoms with Crippen LogP contribution in [0.2, 0.25) is 8.67 Å². The molecule has 7 heteroatoms. The minimum atomic E-state index is -0.227. The Morgan fingerprint density at radius 1 is 1.30 bits per heavy atom. The summed E-state index contributed by atoms with van der Waals surface area (Å²) in [5.74, 6) is -0.227. The van der Waals surface area contributed by atoms with Gasteiger partial charge >= 0.3 is 0 Å². The van der Waals surface area contributed by atoms with Crippen molar-refractivity contribution in [2.75, 3.05) is 0 Å². The number of aromatic nitrogens is 1. The second-order valence-electron chi connectivity index (χ2n) is 4.11. The predicted molar refractivity (Wildman–Crippen MR) is 84.8 cm³/mol. The van der Waals surface area contributed by atoms with Gasteiger partial charge in [-0.2, -0.15) is 0 Å². The summed E-state index contributed by atoms with van der Waals surface area (Å²) < 4.78 is 3.11. The number of hydrogen-bond donors (Lipinski definition) is 0. The Labute approximate surface area is 132 Å². The summed E-state index contributed by atoms with van der Waals surface area (Å²) in [6.45, 7) is -0.0442. The molecule has 0 bridgehead atoms. The summed E-state index contributed by atoms with van der Waals surface area (Å²) in [5, 5.41) is 2.48. The molecule has 0 aliphatic rings. The first-order valence-electron chi connectivity index (χ1n) is 5.61. The molecule has 0 atom stereocenters. The van der Waals surface area contributed by atoms with Gasteiger partial charge in [0.1, 0.15) is 4.34 Å². The molecule has 20 heavy (non-hydrogen) atoms. The van der Waals surface area contributed by atoms with Crippen LogP contribution in [0.3, 0.4) is 0 Å². The molecular weight excluding hydrogens is 337 g/mol. The molecular formula is C13H7Cl2NO2S2. The third-order valence-electron chi connectivity index (χ3n) is 2.86. The van der Waals surface area contributed by atoms with Crippen molar-refractivity contribution in [3.8, 4) is 0 Å². The van der Waals surface area contributed by atoms with E-state index in [2.05, 4.69) is 0 Å². The molecule has 0 N–H and O–H groups in total. The van der Waals surface area contributed by atoms with Crippen molar-refractivity contribution in [1.82, 2.24) is 4.57 Å². The van der Waals surface area contributed by atoms with Crippen LogP contribution in [-0.2, 0) is 6.54 Å². The Hall–Kier alpha value is -1.14. The molecule has 0 saturated carbocycles. The number of carbonyl (C=O) groups is 1. The van der Waals surface area contributed by atoms with Gasteiger partial charge in [0.05, 0.1) is 21.8 Å². The van der Waals surface area contributed by atoms with Crippen LogP contribution in [0.5, 0.6) is 0 Å². The van der Waals surface area contributed by atoms with Crippen LogP contribution in [0.25, 0.3) is 10.1 Å². The van der Waals surface area contributed by atoms with Gasteiger partial charge < -0.3 is 4.57 Å². The molecule has 3 nitrogen and oxygen atoms in total. The number of nitrogens with zero attached hydrogens (tertiary/aromatic N) is 1. The van der Waals surface area contributed by atoms with E-state index >= 15 is 0 Å². The Balaban J connectivity index is 1.97. The molecule has 0 saturated heterocycles. The summed E-state index contributed by atoms with van der Waals surface area (Å²) in [7, 11) is 0. The standard InChI is InChI=1S/C13H7Cl2NO2S2/c14-11-5-8(12(15)20-11)9(17)6-16-3-1-10-7(13(16)18)2-4-19-10/h1-5H,6H2. The SMILES string of the molecule is O=C(Cn1ccc2sccc2c1=O)c1cc(Cl)sc1Cl. The third kappa shape index (κ3) is 2.42. The fraction of sp³-hybridized carbons (Fsp3) is 0.0769. The van der Waals surface area contributed by atoms with Crippen molar-refractivity contribution < 1.29 is 4.79 Å². The van der Waals surface area contributed by atoms with Gasteiger partial charge in [-0.3, -0.25) is 9.59 Å². The van der Waals surface area contributed by atoms with Crippen LogP contribution < -0.4 is 5.56 Å². The number of pyridine rings is 1. The van der Waals surface area contributed by atoms with E-state index in [-0.39, 0.29) is 17.9 Å². The summed E-state index contributed by atoms with van der Waals surface area (Å²) in [4.78, 5) is 24.4. The molecule has 0 aromatic carbocycles. The number of carbonyl (C=O) groups excluding carboxylic acids is 1. The van der Waals surface area contributed by atoms with Crippen molar-refractivity contribution in [3.63, 3.8) is 0 Å². The highest BCUT2D eigenvalue weighted by atomic mass is 35.5. The predicted octanol–water partition coefficient (Wildman–Crippen LogP) is 4.31. The van der Waals surface area contributed by atoms with Crippen LogP contribution in [0.15, 0.2) is 34.6 Å². The first-order chi connectivity index (χ1) is 9.56. The summed E-state index contributed by atoms with van der Waals surface area (Å²) in [5.41, 5.74) is 0.188. The Morgan fingerprint density at radius 3 is 2.80 bits per heavy atom. The van der Waals surface area contributed by atoms with Crippen LogP contribution in [0.1, 0.15) is 10.4 Å². The maximum absolute atomic E-state index is 12.2. The molecule has 0 aliphatic heterocycles. The van der Waals surface area contributed by atoms with Crippen LogP contribution >= 0.6 is 45.9 Å². The maximum atomic E-state index is 12.2. The van der Waals surface area contributed by atoms with Gasteiger partial charge in [0.25, 0.3) is 5.56 Å². The zero-order valence-corrected chi connectivity index (χ0v) is 13.1. The second kappa shape index (κ2) is 5.33. The average molecular weight is 344 g/mol. The zero-order valence-electron chi connectivity index (χ0n) is 9.93. The normalized spacial score (nSPS) is 11.1. The van der Waals surface area contributed by atoms with E-state index in [9.17, 15) is 9.59 Å². The lowest BCUT2D eigenvalue weighted by molar-refractivity contribution is 0.0971. The molecule has 0 fully saturated rings. The van der Waals surface area contributed by atoms with E-state index in [1.54, 1.807) is 12.3 Å². The highest BCUT2D eigenvalue weighted by Crippen LogP contribution is 2.31. The van der Waals surface area contributed by atoms with Gasteiger partial charge in [0, 0.05) is 10.9 Å². The van der Waals surface area contributed by atoms with Crippen molar-refractivity contribution in [2.24, 2.45) is 0 Å². The maximum Gasteiger partial charge on any atom is 0.259 e. The van der Waals surface area contributed by atoms with E-state index < -0.39 is 0 Å². The van der Waals surface area contributed by atoms with Gasteiger partial charge in [-0.15, -0.1) is 22.7 Å².